The number of ether oxygens (including phenoxy) is 1. The van der Waals surface area contributed by atoms with Crippen LogP contribution in [-0.4, -0.2) is 19.4 Å². The van der Waals surface area contributed by atoms with Crippen molar-refractivity contribution in [2.75, 3.05) is 13.2 Å². The molecule has 1 unspecified atom stereocenters. The zero-order valence-corrected chi connectivity index (χ0v) is 8.38. The van der Waals surface area contributed by atoms with Crippen LogP contribution in [-0.2, 0) is 9.57 Å². The molecular weight excluding hydrogens is 154 g/mol. The highest BCUT2D eigenvalue weighted by molar-refractivity contribution is 4.41. The Hall–Kier alpha value is -0.120. The van der Waals surface area contributed by atoms with E-state index < -0.39 is 0 Å². The van der Waals surface area contributed by atoms with Crippen molar-refractivity contribution in [1.82, 2.24) is 5.48 Å². The van der Waals surface area contributed by atoms with Crippen LogP contribution in [0.5, 0.6) is 0 Å². The third-order valence-electron chi connectivity index (χ3n) is 1.35. The average Bonchev–Trinajstić information content (AvgIpc) is 2.10. The summed E-state index contributed by atoms with van der Waals surface area (Å²) in [6.45, 7) is 7.58. The lowest BCUT2D eigenvalue weighted by Crippen LogP contribution is -2.22. The van der Waals surface area contributed by atoms with Crippen molar-refractivity contribution in [3.63, 3.8) is 0 Å². The van der Waals surface area contributed by atoms with Crippen molar-refractivity contribution in [2.45, 2.75) is 46.3 Å². The zero-order chi connectivity index (χ0) is 9.23. The maximum absolute atomic E-state index is 5.42. The van der Waals surface area contributed by atoms with Gasteiger partial charge in [0.05, 0.1) is 0 Å². The van der Waals surface area contributed by atoms with Crippen molar-refractivity contribution in [3.05, 3.63) is 0 Å². The minimum atomic E-state index is -0.130. The van der Waals surface area contributed by atoms with E-state index in [0.717, 1.165) is 25.9 Å². The van der Waals surface area contributed by atoms with E-state index in [-0.39, 0.29) is 6.29 Å². The van der Waals surface area contributed by atoms with E-state index in [1.807, 2.05) is 6.92 Å². The summed E-state index contributed by atoms with van der Waals surface area (Å²) in [5.74, 6) is 0. The maximum Gasteiger partial charge on any atom is 0.179 e. The fourth-order valence-electron chi connectivity index (χ4n) is 0.809. The summed E-state index contributed by atoms with van der Waals surface area (Å²) in [6, 6.07) is 0. The molecule has 73 valence electrons. The topological polar surface area (TPSA) is 32.6 Å². The Morgan fingerprint density at radius 1 is 1.17 bits per heavy atom. The van der Waals surface area contributed by atoms with Gasteiger partial charge in [-0.15, -0.1) is 0 Å². The van der Waals surface area contributed by atoms with Gasteiger partial charge in [0.2, 0.25) is 0 Å². The van der Waals surface area contributed by atoms with E-state index in [2.05, 4.69) is 19.3 Å². The van der Waals surface area contributed by atoms with Crippen LogP contribution in [0.1, 0.15) is 40.0 Å². The van der Waals surface area contributed by atoms with Crippen LogP contribution in [0, 0.1) is 0 Å². The number of hydrogen-bond acceptors (Lipinski definition) is 2. The largest absolute Gasteiger partial charge is 0.351 e. The van der Waals surface area contributed by atoms with Gasteiger partial charge < -0.3 is 4.74 Å². The first-order valence-electron chi connectivity index (χ1n) is 4.79. The van der Waals surface area contributed by atoms with Gasteiger partial charge in [-0.3, -0.25) is 4.84 Å². The molecule has 1 atom stereocenters. The minimum Gasteiger partial charge on any atom is -0.351 e. The predicted molar refractivity (Wildman–Crippen MR) is 48.7 cm³/mol. The molecule has 0 aromatic carbocycles. The Bertz CT molecular complexity index is 80.6. The highest BCUT2D eigenvalue weighted by Gasteiger charge is 2.07. The summed E-state index contributed by atoms with van der Waals surface area (Å²) in [6.07, 6.45) is 2.88. The molecule has 0 amide bonds. The van der Waals surface area contributed by atoms with Gasteiger partial charge in [0.15, 0.2) is 6.29 Å². The Kier molecular flexibility index (Phi) is 8.88. The lowest BCUT2D eigenvalue weighted by Gasteiger charge is -2.15. The monoisotopic (exact) mass is 174 g/mol. The van der Waals surface area contributed by atoms with Crippen LogP contribution in [0.3, 0.4) is 0 Å². The number of nitrogens with zero attached hydrogens (tertiary/aromatic N) is 1. The van der Waals surface area contributed by atoms with Crippen molar-refractivity contribution in [1.29, 1.82) is 0 Å². The van der Waals surface area contributed by atoms with Gasteiger partial charge >= 0.3 is 0 Å². The second-order valence-corrected chi connectivity index (χ2v) is 2.64. The second kappa shape index (κ2) is 8.97. The Balaban J connectivity index is 3.40. The van der Waals surface area contributed by atoms with Crippen molar-refractivity contribution >= 4 is 0 Å². The van der Waals surface area contributed by atoms with E-state index >= 15 is 0 Å². The van der Waals surface area contributed by atoms with Crippen LogP contribution in [0.2, 0.25) is 0 Å². The molecule has 0 spiro atoms. The first-order chi connectivity index (χ1) is 5.85. The van der Waals surface area contributed by atoms with Gasteiger partial charge in [-0.1, -0.05) is 25.7 Å². The first-order valence-corrected chi connectivity index (χ1v) is 4.79. The second-order valence-electron chi connectivity index (χ2n) is 2.64. The fraction of sp³-hybridized carbons (Fsp3) is 1.00. The van der Waals surface area contributed by atoms with Crippen molar-refractivity contribution in [3.8, 4) is 0 Å². The van der Waals surface area contributed by atoms with E-state index in [1.165, 1.54) is 0 Å². The smallest absolute Gasteiger partial charge is 0.179 e. The molecule has 0 bridgehead atoms. The van der Waals surface area contributed by atoms with Crippen LogP contribution < -0.4 is 5.48 Å². The lowest BCUT2D eigenvalue weighted by molar-refractivity contribution is -0.185. The first kappa shape index (κ1) is 11.9. The molecule has 0 aromatic heterocycles. The summed E-state index contributed by atoms with van der Waals surface area (Å²) >= 11 is 0. The third kappa shape index (κ3) is 6.58. The van der Waals surface area contributed by atoms with Crippen LogP contribution in [0.15, 0.2) is 0 Å². The maximum atomic E-state index is 5.42. The molecule has 0 fully saturated rings. The molecule has 0 aromatic rings. The van der Waals surface area contributed by atoms with E-state index in [4.69, 9.17) is 9.57 Å². The molecule has 0 aliphatic rings. The Morgan fingerprint density at radius 2 is 1.92 bits per heavy atom. The summed E-state index contributed by atoms with van der Waals surface area (Å²) in [5, 5.41) is 0. The number of rotatable bonds is 8. The fourth-order valence-corrected chi connectivity index (χ4v) is 0.809. The molecule has 0 aliphatic carbocycles. The molecule has 12 heavy (non-hydrogen) atoms. The van der Waals surface area contributed by atoms with Crippen LogP contribution in [0.25, 0.3) is 0 Å². The molecule has 3 heteroatoms. The molecule has 0 rings (SSSR count). The van der Waals surface area contributed by atoms with Crippen LogP contribution in [0.4, 0.5) is 0 Å². The van der Waals surface area contributed by atoms with Gasteiger partial charge in [-0.25, -0.2) is 0 Å². The van der Waals surface area contributed by atoms with Gasteiger partial charge in [0.25, 0.3) is 0 Å². The van der Waals surface area contributed by atoms with Gasteiger partial charge in [-0.05, 0) is 19.8 Å². The molecule has 0 heterocycles. The number of hydroxylamine groups is 1. The molecule has 0 N–H and O–H groups in total. The lowest BCUT2D eigenvalue weighted by atomic mass is 10.3. The van der Waals surface area contributed by atoms with E-state index in [1.54, 1.807) is 0 Å². The summed E-state index contributed by atoms with van der Waals surface area (Å²) in [5.41, 5.74) is 3.82. The van der Waals surface area contributed by atoms with Crippen molar-refractivity contribution < 1.29 is 9.57 Å². The minimum absolute atomic E-state index is 0.130. The van der Waals surface area contributed by atoms with Gasteiger partial charge in [0.1, 0.15) is 0 Å². The SMILES string of the molecule is CCCOC(CCC)O[N]CC. The van der Waals surface area contributed by atoms with E-state index in [9.17, 15) is 0 Å². The molecule has 0 saturated heterocycles. The average molecular weight is 174 g/mol. The molecule has 1 radical (unpaired) electrons. The molecule has 3 nitrogen and oxygen atoms in total. The predicted octanol–water partition coefficient (Wildman–Crippen LogP) is 2.10. The molecular formula is C9H20NO2. The zero-order valence-electron chi connectivity index (χ0n) is 8.38. The highest BCUT2D eigenvalue weighted by atomic mass is 16.8. The molecule has 0 aliphatic heterocycles. The summed E-state index contributed by atoms with van der Waals surface area (Å²) in [4.78, 5) is 5.14. The third-order valence-corrected chi connectivity index (χ3v) is 1.35. The number of hydrogen-bond donors (Lipinski definition) is 0. The van der Waals surface area contributed by atoms with Gasteiger partial charge in [0, 0.05) is 13.2 Å². The van der Waals surface area contributed by atoms with Crippen molar-refractivity contribution in [2.24, 2.45) is 0 Å². The standard InChI is InChI=1S/C9H20NO2/c1-4-7-9(11-8-5-2)12-10-6-3/h9H,4-8H2,1-3H3. The van der Waals surface area contributed by atoms with E-state index in [0.29, 0.717) is 6.54 Å². The Morgan fingerprint density at radius 3 is 2.42 bits per heavy atom. The van der Waals surface area contributed by atoms with Gasteiger partial charge in [-0.2, -0.15) is 0 Å². The summed E-state index contributed by atoms with van der Waals surface area (Å²) in [7, 11) is 0. The quantitative estimate of drug-likeness (QED) is 0.417. The highest BCUT2D eigenvalue weighted by Crippen LogP contribution is 2.03. The normalized spacial score (nSPS) is 13.2. The van der Waals surface area contributed by atoms with Crippen LogP contribution >= 0.6 is 0 Å². The Labute approximate surface area is 75.4 Å². The summed E-state index contributed by atoms with van der Waals surface area (Å²) < 4.78 is 5.42. The molecule has 0 saturated carbocycles.